The number of aldehydes is 1. The van der Waals surface area contributed by atoms with Crippen molar-refractivity contribution in [3.63, 3.8) is 0 Å². The van der Waals surface area contributed by atoms with Gasteiger partial charge in [-0.05, 0) is 0 Å². The van der Waals surface area contributed by atoms with Gasteiger partial charge in [-0.2, -0.15) is 0 Å². The molecule has 1 rings (SSSR count). The van der Waals surface area contributed by atoms with Gasteiger partial charge in [0.25, 0.3) is 0 Å². The first-order valence-corrected chi connectivity index (χ1v) is 3.64. The first-order chi connectivity index (χ1) is 4.74. The molecule has 4 heteroatoms. The Morgan fingerprint density at radius 3 is 2.70 bits per heavy atom. The lowest BCUT2D eigenvalue weighted by Gasteiger charge is -2.05. The molecule has 0 fully saturated rings. The number of aromatic nitrogens is 1. The van der Waals surface area contributed by atoms with E-state index < -0.39 is 0 Å². The minimum Gasteiger partial charge on any atom is -0.368 e. The van der Waals surface area contributed by atoms with Crippen molar-refractivity contribution in [2.45, 2.75) is 0 Å². The summed E-state index contributed by atoms with van der Waals surface area (Å²) in [5.74, 6) is 0. The van der Waals surface area contributed by atoms with Gasteiger partial charge in [0.05, 0.1) is 6.20 Å². The summed E-state index contributed by atoms with van der Waals surface area (Å²) in [6.45, 7) is 0. The minimum absolute atomic E-state index is 0.531. The average Bonchev–Trinajstić information content (AvgIpc) is 2.34. The lowest BCUT2D eigenvalue weighted by atomic mass is 10.7. The third-order valence-electron chi connectivity index (χ3n) is 1.05. The van der Waals surface area contributed by atoms with E-state index in [0.29, 0.717) is 5.01 Å². The highest BCUT2D eigenvalue weighted by Gasteiger charge is 2.00. The molecule has 0 radical (unpaired) electrons. The zero-order valence-electron chi connectivity index (χ0n) is 5.87. The van der Waals surface area contributed by atoms with Crippen molar-refractivity contribution in [3.8, 4) is 0 Å². The summed E-state index contributed by atoms with van der Waals surface area (Å²) in [6.07, 6.45) is 2.45. The third-order valence-corrected chi connectivity index (χ3v) is 2.14. The Morgan fingerprint density at radius 1 is 1.70 bits per heavy atom. The van der Waals surface area contributed by atoms with Gasteiger partial charge in [-0.3, -0.25) is 4.79 Å². The zero-order valence-corrected chi connectivity index (χ0v) is 6.68. The second kappa shape index (κ2) is 2.79. The largest absolute Gasteiger partial charge is 0.368 e. The molecule has 0 unspecified atom stereocenters. The monoisotopic (exact) mass is 156 g/mol. The normalized spacial score (nSPS) is 9.40. The number of anilines is 1. The van der Waals surface area contributed by atoms with Gasteiger partial charge in [0.1, 0.15) is 5.00 Å². The van der Waals surface area contributed by atoms with Gasteiger partial charge >= 0.3 is 0 Å². The van der Waals surface area contributed by atoms with Crippen LogP contribution in [0.25, 0.3) is 0 Å². The van der Waals surface area contributed by atoms with Crippen LogP contribution in [0.15, 0.2) is 6.20 Å². The van der Waals surface area contributed by atoms with Crippen molar-refractivity contribution in [3.05, 3.63) is 11.2 Å². The van der Waals surface area contributed by atoms with Crippen LogP contribution in [0.4, 0.5) is 5.00 Å². The van der Waals surface area contributed by atoms with Crippen LogP contribution in [0.5, 0.6) is 0 Å². The molecule has 0 saturated carbocycles. The van der Waals surface area contributed by atoms with Crippen LogP contribution in [-0.4, -0.2) is 25.4 Å². The van der Waals surface area contributed by atoms with Crippen LogP contribution in [0.3, 0.4) is 0 Å². The van der Waals surface area contributed by atoms with Crippen LogP contribution in [0.2, 0.25) is 0 Å². The standard InChI is InChI=1S/C6H8N2OS/c1-8(2)6-3-7-5(4-9)10-6/h3-4H,1-2H3. The van der Waals surface area contributed by atoms with Crippen molar-refractivity contribution in [2.24, 2.45) is 0 Å². The predicted molar refractivity (Wildman–Crippen MR) is 41.8 cm³/mol. The molecule has 54 valence electrons. The molecule has 1 heterocycles. The maximum atomic E-state index is 10.2. The van der Waals surface area contributed by atoms with Crippen molar-refractivity contribution in [2.75, 3.05) is 19.0 Å². The molecule has 0 bridgehead atoms. The molecule has 0 aliphatic heterocycles. The molecule has 0 aliphatic carbocycles. The van der Waals surface area contributed by atoms with Crippen LogP contribution >= 0.6 is 11.3 Å². The highest BCUT2D eigenvalue weighted by molar-refractivity contribution is 7.17. The number of rotatable bonds is 2. The van der Waals surface area contributed by atoms with Crippen LogP contribution in [0.1, 0.15) is 9.80 Å². The van der Waals surface area contributed by atoms with Crippen molar-refractivity contribution < 1.29 is 4.79 Å². The Morgan fingerprint density at radius 2 is 2.40 bits per heavy atom. The second-order valence-corrected chi connectivity index (χ2v) is 3.09. The predicted octanol–water partition coefficient (Wildman–Crippen LogP) is 1.02. The van der Waals surface area contributed by atoms with E-state index in [0.717, 1.165) is 11.3 Å². The summed E-state index contributed by atoms with van der Waals surface area (Å²) in [4.78, 5) is 16.0. The smallest absolute Gasteiger partial charge is 0.178 e. The fourth-order valence-corrected chi connectivity index (χ4v) is 1.20. The molecule has 1 aromatic rings. The molecule has 0 aliphatic rings. The van der Waals surface area contributed by atoms with Crippen molar-refractivity contribution in [1.29, 1.82) is 0 Å². The minimum atomic E-state index is 0.531. The van der Waals surface area contributed by atoms with E-state index in [-0.39, 0.29) is 0 Å². The Bertz CT molecular complexity index is 231. The first-order valence-electron chi connectivity index (χ1n) is 2.82. The quantitative estimate of drug-likeness (QED) is 0.599. The number of hydrogen-bond donors (Lipinski definition) is 0. The maximum Gasteiger partial charge on any atom is 0.178 e. The molecular weight excluding hydrogens is 148 g/mol. The number of carbonyl (C=O) groups excluding carboxylic acids is 1. The van der Waals surface area contributed by atoms with E-state index in [4.69, 9.17) is 0 Å². The van der Waals surface area contributed by atoms with Gasteiger partial charge in [-0.15, -0.1) is 0 Å². The van der Waals surface area contributed by atoms with E-state index >= 15 is 0 Å². The second-order valence-electron chi connectivity index (χ2n) is 2.05. The number of thiazole rings is 1. The summed E-state index contributed by atoms with van der Waals surface area (Å²) in [7, 11) is 3.84. The third kappa shape index (κ3) is 1.33. The van der Waals surface area contributed by atoms with E-state index in [2.05, 4.69) is 4.98 Å². The molecule has 10 heavy (non-hydrogen) atoms. The lowest BCUT2D eigenvalue weighted by molar-refractivity contribution is 0.112. The van der Waals surface area contributed by atoms with E-state index in [9.17, 15) is 4.79 Å². The number of nitrogens with zero attached hydrogens (tertiary/aromatic N) is 2. The van der Waals surface area contributed by atoms with E-state index in [1.54, 1.807) is 6.20 Å². The molecule has 3 nitrogen and oxygen atoms in total. The Balaban J connectivity index is 2.88. The van der Waals surface area contributed by atoms with Gasteiger partial charge in [0.2, 0.25) is 0 Å². The molecule has 0 atom stereocenters. The molecule has 0 N–H and O–H groups in total. The molecule has 0 amide bonds. The Kier molecular flexibility index (Phi) is 2.01. The lowest BCUT2D eigenvalue weighted by Crippen LogP contribution is -2.05. The topological polar surface area (TPSA) is 33.2 Å². The van der Waals surface area contributed by atoms with Gasteiger partial charge in [-0.1, -0.05) is 11.3 Å². The number of carbonyl (C=O) groups is 1. The van der Waals surface area contributed by atoms with Gasteiger partial charge in [-0.25, -0.2) is 4.98 Å². The molecule has 0 saturated heterocycles. The summed E-state index contributed by atoms with van der Waals surface area (Å²) in [6, 6.07) is 0. The number of hydrogen-bond acceptors (Lipinski definition) is 4. The summed E-state index contributed by atoms with van der Waals surface area (Å²) >= 11 is 1.39. The average molecular weight is 156 g/mol. The maximum absolute atomic E-state index is 10.2. The summed E-state index contributed by atoms with van der Waals surface area (Å²) in [5, 5.41) is 1.53. The molecule has 1 aromatic heterocycles. The summed E-state index contributed by atoms with van der Waals surface area (Å²) in [5.41, 5.74) is 0. The highest BCUT2D eigenvalue weighted by Crippen LogP contribution is 2.19. The fourth-order valence-electron chi connectivity index (χ4n) is 0.540. The highest BCUT2D eigenvalue weighted by atomic mass is 32.1. The molecular formula is C6H8N2OS. The van der Waals surface area contributed by atoms with E-state index in [1.807, 2.05) is 19.0 Å². The van der Waals surface area contributed by atoms with Crippen LogP contribution in [-0.2, 0) is 0 Å². The van der Waals surface area contributed by atoms with Gasteiger partial charge in [0, 0.05) is 14.1 Å². The molecule has 0 spiro atoms. The van der Waals surface area contributed by atoms with Gasteiger partial charge in [0.15, 0.2) is 11.3 Å². The van der Waals surface area contributed by atoms with Crippen molar-refractivity contribution >= 4 is 22.6 Å². The van der Waals surface area contributed by atoms with Gasteiger partial charge < -0.3 is 4.90 Å². The molecule has 0 aromatic carbocycles. The summed E-state index contributed by atoms with van der Waals surface area (Å²) < 4.78 is 0. The Labute approximate surface area is 63.3 Å². The first kappa shape index (κ1) is 7.21. The SMILES string of the molecule is CN(C)c1cnc(C=O)s1. The Hall–Kier alpha value is -0.900. The van der Waals surface area contributed by atoms with Crippen LogP contribution < -0.4 is 4.90 Å². The van der Waals surface area contributed by atoms with Crippen molar-refractivity contribution in [1.82, 2.24) is 4.98 Å². The zero-order chi connectivity index (χ0) is 7.56. The van der Waals surface area contributed by atoms with Crippen LogP contribution in [0, 0.1) is 0 Å². The fraction of sp³-hybridized carbons (Fsp3) is 0.333. The van der Waals surface area contributed by atoms with E-state index in [1.165, 1.54) is 11.3 Å².